The highest BCUT2D eigenvalue weighted by atomic mass is 16.5. The van der Waals surface area contributed by atoms with Crippen LogP contribution in [0, 0.1) is 0 Å². The van der Waals surface area contributed by atoms with Crippen LogP contribution in [0.25, 0.3) is 0 Å². The molecule has 1 aliphatic rings. The Morgan fingerprint density at radius 2 is 2.06 bits per heavy atom. The Hall–Kier alpha value is -0.870. The lowest BCUT2D eigenvalue weighted by Crippen LogP contribution is -2.54. The summed E-state index contributed by atoms with van der Waals surface area (Å²) in [7, 11) is 0. The molecule has 0 radical (unpaired) electrons. The van der Waals surface area contributed by atoms with E-state index in [0.717, 1.165) is 32.7 Å². The average Bonchev–Trinajstić information content (AvgIpc) is 2.91. The normalized spacial score (nSPS) is 21.3. The third-order valence-electron chi connectivity index (χ3n) is 3.80. The van der Waals surface area contributed by atoms with Gasteiger partial charge in [0.15, 0.2) is 0 Å². The number of aromatic nitrogens is 2. The molecule has 1 fully saturated rings. The number of hydrogen-bond acceptors (Lipinski definition) is 3. The maximum absolute atomic E-state index is 5.47. The summed E-state index contributed by atoms with van der Waals surface area (Å²) in [5, 5.41) is 0. The van der Waals surface area contributed by atoms with Gasteiger partial charge in [-0.1, -0.05) is 20.3 Å². The van der Waals surface area contributed by atoms with E-state index in [1.54, 1.807) is 0 Å². The fraction of sp³-hybridized carbons (Fsp3) is 0.769. The smallest absolute Gasteiger partial charge is 0.0984 e. The third-order valence-corrected chi connectivity index (χ3v) is 3.80. The molecule has 1 saturated heterocycles. The number of rotatable bonds is 5. The Balaban J connectivity index is 2.27. The van der Waals surface area contributed by atoms with Crippen molar-refractivity contribution >= 4 is 0 Å². The van der Waals surface area contributed by atoms with Crippen LogP contribution < -0.4 is 0 Å². The minimum absolute atomic E-state index is 0.0923. The lowest BCUT2D eigenvalue weighted by Gasteiger charge is -2.46. The van der Waals surface area contributed by atoms with Crippen LogP contribution >= 0.6 is 0 Å². The van der Waals surface area contributed by atoms with Gasteiger partial charge in [0.05, 0.1) is 25.2 Å². The first-order chi connectivity index (χ1) is 8.33. The number of ether oxygens (including phenoxy) is 1. The first kappa shape index (κ1) is 12.6. The van der Waals surface area contributed by atoms with Gasteiger partial charge in [0.25, 0.3) is 0 Å². The van der Waals surface area contributed by atoms with Crippen LogP contribution in [0.1, 0.15) is 33.1 Å². The molecule has 0 bridgehead atoms. The van der Waals surface area contributed by atoms with Gasteiger partial charge >= 0.3 is 0 Å². The Bertz CT molecular complexity index is 319. The van der Waals surface area contributed by atoms with Crippen LogP contribution in [-0.2, 0) is 10.4 Å². The van der Waals surface area contributed by atoms with Gasteiger partial charge in [0.2, 0.25) is 0 Å². The molecule has 4 heteroatoms. The molecule has 1 unspecified atom stereocenters. The Morgan fingerprint density at radius 1 is 1.29 bits per heavy atom. The highest BCUT2D eigenvalue weighted by Gasteiger charge is 2.36. The van der Waals surface area contributed by atoms with Crippen LogP contribution in [0.4, 0.5) is 0 Å². The number of hydrogen-bond donors (Lipinski definition) is 0. The topological polar surface area (TPSA) is 30.3 Å². The molecule has 96 valence electrons. The van der Waals surface area contributed by atoms with E-state index in [1.165, 1.54) is 12.8 Å². The van der Waals surface area contributed by atoms with E-state index in [9.17, 15) is 0 Å². The fourth-order valence-corrected chi connectivity index (χ4v) is 2.92. The number of imidazole rings is 1. The molecule has 0 spiro atoms. The molecule has 1 aromatic heterocycles. The van der Waals surface area contributed by atoms with Crippen molar-refractivity contribution in [1.29, 1.82) is 0 Å². The summed E-state index contributed by atoms with van der Waals surface area (Å²) in [5.74, 6) is 0. The van der Waals surface area contributed by atoms with Crippen molar-refractivity contribution in [2.45, 2.75) is 38.8 Å². The molecule has 17 heavy (non-hydrogen) atoms. The Morgan fingerprint density at radius 3 is 2.59 bits per heavy atom. The highest BCUT2D eigenvalue weighted by molar-refractivity contribution is 4.92. The minimum Gasteiger partial charge on any atom is -0.379 e. The predicted molar refractivity (Wildman–Crippen MR) is 67.8 cm³/mol. The summed E-state index contributed by atoms with van der Waals surface area (Å²) in [6.45, 7) is 8.26. The van der Waals surface area contributed by atoms with Crippen molar-refractivity contribution in [2.24, 2.45) is 0 Å². The number of nitrogens with zero attached hydrogens (tertiary/aromatic N) is 3. The van der Waals surface area contributed by atoms with Crippen molar-refractivity contribution < 1.29 is 4.74 Å². The van der Waals surface area contributed by atoms with Gasteiger partial charge in [-0.25, -0.2) is 4.98 Å². The highest BCUT2D eigenvalue weighted by Crippen LogP contribution is 2.31. The van der Waals surface area contributed by atoms with Gasteiger partial charge < -0.3 is 9.30 Å². The zero-order valence-corrected chi connectivity index (χ0v) is 10.9. The van der Waals surface area contributed by atoms with Crippen LogP contribution in [0.15, 0.2) is 18.7 Å². The summed E-state index contributed by atoms with van der Waals surface area (Å²) in [6, 6.07) is 0. The molecular weight excluding hydrogens is 214 g/mol. The van der Waals surface area contributed by atoms with Crippen molar-refractivity contribution in [3.8, 4) is 0 Å². The molecule has 1 atom stereocenters. The molecule has 0 amide bonds. The molecule has 0 aliphatic carbocycles. The average molecular weight is 237 g/mol. The monoisotopic (exact) mass is 237 g/mol. The van der Waals surface area contributed by atoms with Crippen molar-refractivity contribution in [3.63, 3.8) is 0 Å². The molecular formula is C13H23N3O. The second-order valence-electron chi connectivity index (χ2n) is 4.66. The number of morpholine rings is 1. The molecule has 4 nitrogen and oxygen atoms in total. The van der Waals surface area contributed by atoms with Crippen LogP contribution in [0.3, 0.4) is 0 Å². The van der Waals surface area contributed by atoms with Crippen molar-refractivity contribution in [3.05, 3.63) is 18.7 Å². The van der Waals surface area contributed by atoms with E-state index in [0.29, 0.717) is 0 Å². The van der Waals surface area contributed by atoms with Gasteiger partial charge in [-0.15, -0.1) is 0 Å². The van der Waals surface area contributed by atoms with Crippen molar-refractivity contribution in [2.75, 3.05) is 26.3 Å². The maximum Gasteiger partial charge on any atom is 0.0984 e. The fourth-order valence-electron chi connectivity index (χ4n) is 2.92. The Kier molecular flexibility index (Phi) is 4.18. The summed E-state index contributed by atoms with van der Waals surface area (Å²) in [6.07, 6.45) is 9.38. The third kappa shape index (κ3) is 2.38. The quantitative estimate of drug-likeness (QED) is 0.785. The first-order valence-corrected chi connectivity index (χ1v) is 6.64. The van der Waals surface area contributed by atoms with E-state index >= 15 is 0 Å². The molecule has 1 aliphatic heterocycles. The summed E-state index contributed by atoms with van der Waals surface area (Å²) >= 11 is 0. The molecule has 0 saturated carbocycles. The zero-order chi connectivity index (χ0) is 12.1. The zero-order valence-electron chi connectivity index (χ0n) is 10.9. The minimum atomic E-state index is 0.0923. The van der Waals surface area contributed by atoms with Gasteiger partial charge in [0.1, 0.15) is 0 Å². The Labute approximate surface area is 104 Å². The van der Waals surface area contributed by atoms with Crippen LogP contribution in [-0.4, -0.2) is 40.8 Å². The van der Waals surface area contributed by atoms with Gasteiger partial charge in [-0.3, -0.25) is 4.90 Å². The molecule has 0 N–H and O–H groups in total. The second-order valence-corrected chi connectivity index (χ2v) is 4.66. The lowest BCUT2D eigenvalue weighted by atomic mass is 9.97. The summed E-state index contributed by atoms with van der Waals surface area (Å²) < 4.78 is 7.75. The van der Waals surface area contributed by atoms with Crippen molar-refractivity contribution in [1.82, 2.24) is 14.5 Å². The van der Waals surface area contributed by atoms with Gasteiger partial charge in [0, 0.05) is 25.5 Å². The van der Waals surface area contributed by atoms with E-state index in [4.69, 9.17) is 4.74 Å². The van der Waals surface area contributed by atoms with E-state index in [1.807, 2.05) is 12.5 Å². The second kappa shape index (κ2) is 5.65. The lowest BCUT2D eigenvalue weighted by molar-refractivity contribution is -0.0661. The van der Waals surface area contributed by atoms with E-state index in [2.05, 4.69) is 34.5 Å². The standard InChI is InChI=1S/C13H23N3O/c1-3-5-13(4-2,16-7-6-14-12-16)15-8-10-17-11-9-15/h6-7,12H,3-5,8-11H2,1-2H3. The molecule has 1 aromatic rings. The SMILES string of the molecule is CCCC(CC)(N1CCOCC1)n1ccnc1. The molecule has 2 heterocycles. The largest absolute Gasteiger partial charge is 0.379 e. The summed E-state index contributed by atoms with van der Waals surface area (Å²) in [4.78, 5) is 6.78. The molecule has 2 rings (SSSR count). The predicted octanol–water partition coefficient (Wildman–Crippen LogP) is 2.08. The van der Waals surface area contributed by atoms with Crippen LogP contribution in [0.5, 0.6) is 0 Å². The molecule has 0 aromatic carbocycles. The summed E-state index contributed by atoms with van der Waals surface area (Å²) in [5.41, 5.74) is 0.0923. The van der Waals surface area contributed by atoms with Gasteiger partial charge in [-0.05, 0) is 12.8 Å². The maximum atomic E-state index is 5.47. The van der Waals surface area contributed by atoms with Crippen LogP contribution in [0.2, 0.25) is 0 Å². The van der Waals surface area contributed by atoms with E-state index in [-0.39, 0.29) is 5.66 Å². The van der Waals surface area contributed by atoms with Gasteiger partial charge in [-0.2, -0.15) is 0 Å². The van der Waals surface area contributed by atoms with E-state index < -0.39 is 0 Å². The first-order valence-electron chi connectivity index (χ1n) is 6.64.